The summed E-state index contributed by atoms with van der Waals surface area (Å²) in [6.07, 6.45) is 3.68. The number of hydrogen-bond acceptors (Lipinski definition) is 5. The van der Waals surface area contributed by atoms with Crippen molar-refractivity contribution in [3.8, 4) is 0 Å². The Morgan fingerprint density at radius 2 is 2.18 bits per heavy atom. The third kappa shape index (κ3) is 4.09. The van der Waals surface area contributed by atoms with Crippen LogP contribution in [-0.4, -0.2) is 24.1 Å². The largest absolute Gasteiger partial charge is 0.462 e. The van der Waals surface area contributed by atoms with E-state index in [1.807, 2.05) is 13.8 Å². The van der Waals surface area contributed by atoms with Crippen molar-refractivity contribution in [2.24, 2.45) is 5.73 Å². The van der Waals surface area contributed by atoms with Crippen LogP contribution in [0.1, 0.15) is 47.1 Å². The molecule has 96 valence electrons. The summed E-state index contributed by atoms with van der Waals surface area (Å²) in [5, 5.41) is 1.01. The van der Waals surface area contributed by atoms with E-state index >= 15 is 0 Å². The van der Waals surface area contributed by atoms with Gasteiger partial charge >= 0.3 is 5.97 Å². The highest BCUT2D eigenvalue weighted by Gasteiger charge is 2.17. The molecule has 17 heavy (non-hydrogen) atoms. The van der Waals surface area contributed by atoms with Gasteiger partial charge in [-0.2, -0.15) is 0 Å². The Morgan fingerprint density at radius 1 is 1.41 bits per heavy atom. The smallest absolute Gasteiger partial charge is 0.350 e. The number of ether oxygens (including phenoxy) is 1. The van der Waals surface area contributed by atoms with Gasteiger partial charge in [0.05, 0.1) is 17.3 Å². The quantitative estimate of drug-likeness (QED) is 0.600. The number of aromatic nitrogens is 1. The van der Waals surface area contributed by atoms with E-state index in [2.05, 4.69) is 4.98 Å². The molecule has 1 aromatic rings. The molecule has 0 aromatic carbocycles. The number of aryl methyl sites for hydroxylation is 2. The van der Waals surface area contributed by atoms with Gasteiger partial charge in [0, 0.05) is 0 Å². The Bertz CT molecular complexity index is 363. The van der Waals surface area contributed by atoms with Gasteiger partial charge in [0.25, 0.3) is 0 Å². The maximum absolute atomic E-state index is 11.7. The molecule has 0 fully saturated rings. The zero-order chi connectivity index (χ0) is 12.7. The first kappa shape index (κ1) is 14.1. The summed E-state index contributed by atoms with van der Waals surface area (Å²) in [5.41, 5.74) is 6.31. The predicted molar refractivity (Wildman–Crippen MR) is 69.4 cm³/mol. The van der Waals surface area contributed by atoms with E-state index < -0.39 is 0 Å². The van der Waals surface area contributed by atoms with Crippen LogP contribution in [0.3, 0.4) is 0 Å². The third-order valence-electron chi connectivity index (χ3n) is 2.38. The van der Waals surface area contributed by atoms with Gasteiger partial charge in [-0.05, 0) is 39.2 Å². The Balaban J connectivity index is 2.72. The van der Waals surface area contributed by atoms with Gasteiger partial charge in [-0.3, -0.25) is 0 Å². The number of esters is 1. The summed E-state index contributed by atoms with van der Waals surface area (Å²) in [6.45, 7) is 4.92. The van der Waals surface area contributed by atoms with Crippen molar-refractivity contribution in [2.75, 3.05) is 13.2 Å². The third-order valence-corrected chi connectivity index (χ3v) is 3.52. The molecule has 1 heterocycles. The Morgan fingerprint density at radius 3 is 2.76 bits per heavy atom. The lowest BCUT2D eigenvalue weighted by Gasteiger charge is -1.99. The molecule has 0 saturated heterocycles. The van der Waals surface area contributed by atoms with E-state index in [0.717, 1.165) is 36.4 Å². The molecule has 5 heteroatoms. The van der Waals surface area contributed by atoms with Gasteiger partial charge in [0.2, 0.25) is 0 Å². The lowest BCUT2D eigenvalue weighted by molar-refractivity contribution is 0.0530. The highest BCUT2D eigenvalue weighted by Crippen LogP contribution is 2.21. The van der Waals surface area contributed by atoms with E-state index in [4.69, 9.17) is 10.5 Å². The molecule has 0 atom stereocenters. The Labute approximate surface area is 106 Å². The van der Waals surface area contributed by atoms with Crippen LogP contribution < -0.4 is 5.73 Å². The van der Waals surface area contributed by atoms with E-state index in [1.54, 1.807) is 0 Å². The Kier molecular flexibility index (Phi) is 6.15. The molecule has 0 unspecified atom stereocenters. The first-order valence-corrected chi connectivity index (χ1v) is 6.90. The average molecular weight is 256 g/mol. The second kappa shape index (κ2) is 7.40. The van der Waals surface area contributed by atoms with Crippen molar-refractivity contribution in [2.45, 2.75) is 39.5 Å². The van der Waals surface area contributed by atoms with Crippen molar-refractivity contribution in [1.29, 1.82) is 0 Å². The maximum Gasteiger partial charge on any atom is 0.350 e. The molecule has 1 aromatic heterocycles. The van der Waals surface area contributed by atoms with Crippen LogP contribution in [0.2, 0.25) is 0 Å². The molecule has 0 aliphatic rings. The van der Waals surface area contributed by atoms with Crippen LogP contribution in [0.5, 0.6) is 0 Å². The number of nitrogens with zero attached hydrogens (tertiary/aromatic N) is 1. The van der Waals surface area contributed by atoms with E-state index in [-0.39, 0.29) is 5.97 Å². The fourth-order valence-corrected chi connectivity index (χ4v) is 2.61. The highest BCUT2D eigenvalue weighted by atomic mass is 32.1. The molecule has 2 N–H and O–H groups in total. The van der Waals surface area contributed by atoms with Crippen molar-refractivity contribution in [1.82, 2.24) is 4.98 Å². The lowest BCUT2D eigenvalue weighted by Crippen LogP contribution is -2.05. The molecular weight excluding hydrogens is 236 g/mol. The second-order valence-corrected chi connectivity index (χ2v) is 4.79. The molecule has 0 aliphatic carbocycles. The molecule has 1 rings (SSSR count). The number of hydrogen-bond donors (Lipinski definition) is 1. The van der Waals surface area contributed by atoms with Crippen molar-refractivity contribution >= 4 is 17.3 Å². The first-order chi connectivity index (χ1) is 8.22. The number of carbonyl (C=O) groups excluding carboxylic acids is 1. The highest BCUT2D eigenvalue weighted by molar-refractivity contribution is 7.13. The Hall–Kier alpha value is -0.940. The molecule has 4 nitrogen and oxygen atoms in total. The monoisotopic (exact) mass is 256 g/mol. The standard InChI is InChI=1S/C12H20N2O2S/c1-3-9-11(12(15)16-4-2)17-10(14-9)7-5-6-8-13/h3-8,13H2,1-2H3. The van der Waals surface area contributed by atoms with Crippen molar-refractivity contribution in [3.63, 3.8) is 0 Å². The second-order valence-electron chi connectivity index (χ2n) is 3.70. The van der Waals surface area contributed by atoms with Crippen LogP contribution in [0, 0.1) is 0 Å². The summed E-state index contributed by atoms with van der Waals surface area (Å²) < 4.78 is 5.02. The number of nitrogens with two attached hydrogens (primary N) is 1. The number of thiazole rings is 1. The van der Waals surface area contributed by atoms with Gasteiger partial charge in [-0.1, -0.05) is 6.92 Å². The maximum atomic E-state index is 11.7. The van der Waals surface area contributed by atoms with Crippen molar-refractivity contribution < 1.29 is 9.53 Å². The van der Waals surface area contributed by atoms with Gasteiger partial charge in [-0.15, -0.1) is 11.3 Å². The summed E-state index contributed by atoms with van der Waals surface area (Å²) >= 11 is 1.46. The molecule has 0 saturated carbocycles. The summed E-state index contributed by atoms with van der Waals surface area (Å²) in [5.74, 6) is -0.244. The SMILES string of the molecule is CCOC(=O)c1sc(CCCCN)nc1CC. The number of unbranched alkanes of at least 4 members (excludes halogenated alkanes) is 1. The normalized spacial score (nSPS) is 10.5. The van der Waals surface area contributed by atoms with Gasteiger partial charge in [0.15, 0.2) is 0 Å². The molecule has 0 amide bonds. The lowest BCUT2D eigenvalue weighted by atomic mass is 10.2. The van der Waals surface area contributed by atoms with Crippen LogP contribution in [0.25, 0.3) is 0 Å². The summed E-state index contributed by atoms with van der Waals surface area (Å²) in [7, 11) is 0. The first-order valence-electron chi connectivity index (χ1n) is 6.08. The summed E-state index contributed by atoms with van der Waals surface area (Å²) in [6, 6.07) is 0. The fraction of sp³-hybridized carbons (Fsp3) is 0.667. The molecule has 0 spiro atoms. The fourth-order valence-electron chi connectivity index (χ4n) is 1.52. The van der Waals surface area contributed by atoms with E-state index in [9.17, 15) is 4.79 Å². The van der Waals surface area contributed by atoms with Crippen LogP contribution in [-0.2, 0) is 17.6 Å². The zero-order valence-corrected chi connectivity index (χ0v) is 11.3. The zero-order valence-electron chi connectivity index (χ0n) is 10.5. The molecule has 0 bridgehead atoms. The molecule has 0 radical (unpaired) electrons. The average Bonchev–Trinajstić information content (AvgIpc) is 2.73. The topological polar surface area (TPSA) is 65.2 Å². The van der Waals surface area contributed by atoms with Gasteiger partial charge in [0.1, 0.15) is 4.88 Å². The minimum Gasteiger partial charge on any atom is -0.462 e. The van der Waals surface area contributed by atoms with E-state index in [1.165, 1.54) is 11.3 Å². The predicted octanol–water partition coefficient (Wildman–Crippen LogP) is 2.16. The van der Waals surface area contributed by atoms with Crippen LogP contribution >= 0.6 is 11.3 Å². The van der Waals surface area contributed by atoms with Crippen LogP contribution in [0.4, 0.5) is 0 Å². The summed E-state index contributed by atoms with van der Waals surface area (Å²) in [4.78, 5) is 16.8. The van der Waals surface area contributed by atoms with Gasteiger partial charge < -0.3 is 10.5 Å². The van der Waals surface area contributed by atoms with Crippen molar-refractivity contribution in [3.05, 3.63) is 15.6 Å². The minimum absolute atomic E-state index is 0.244. The molecular formula is C12H20N2O2S. The number of carbonyl (C=O) groups is 1. The van der Waals surface area contributed by atoms with E-state index in [0.29, 0.717) is 18.0 Å². The minimum atomic E-state index is -0.244. The number of rotatable bonds is 7. The molecule has 0 aliphatic heterocycles. The van der Waals surface area contributed by atoms with Crippen LogP contribution in [0.15, 0.2) is 0 Å². The van der Waals surface area contributed by atoms with Gasteiger partial charge in [-0.25, -0.2) is 9.78 Å².